The molecule has 0 amide bonds. The summed E-state index contributed by atoms with van der Waals surface area (Å²) in [7, 11) is 2.08. The lowest BCUT2D eigenvalue weighted by atomic mass is 10.2. The van der Waals surface area contributed by atoms with Crippen LogP contribution in [0.1, 0.15) is 24.1 Å². The van der Waals surface area contributed by atoms with Gasteiger partial charge in [0.05, 0.1) is 5.69 Å². The molecule has 0 atom stereocenters. The highest BCUT2D eigenvalue weighted by atomic mass is 79.9. The van der Waals surface area contributed by atoms with Crippen molar-refractivity contribution in [1.82, 2.24) is 10.3 Å². The Morgan fingerprint density at radius 1 is 1.19 bits per heavy atom. The lowest BCUT2D eigenvalue weighted by Crippen LogP contribution is -2.20. The molecular formula is C17H20BrN3. The second kappa shape index (κ2) is 6.58. The Hall–Kier alpha value is -1.39. The Kier molecular flexibility index (Phi) is 4.56. The van der Waals surface area contributed by atoms with Gasteiger partial charge in [-0.15, -0.1) is 0 Å². The molecule has 21 heavy (non-hydrogen) atoms. The summed E-state index contributed by atoms with van der Waals surface area (Å²) in [4.78, 5) is 6.93. The topological polar surface area (TPSA) is 28.2 Å². The van der Waals surface area contributed by atoms with Gasteiger partial charge in [-0.05, 0) is 36.6 Å². The average Bonchev–Trinajstić information content (AvgIpc) is 3.32. The molecule has 1 aliphatic carbocycles. The predicted octanol–water partition coefficient (Wildman–Crippen LogP) is 3.73. The Morgan fingerprint density at radius 3 is 2.76 bits per heavy atom. The minimum absolute atomic E-state index is 0.716. The maximum Gasteiger partial charge on any atom is 0.128 e. The molecule has 1 heterocycles. The van der Waals surface area contributed by atoms with Crippen molar-refractivity contribution < 1.29 is 0 Å². The maximum absolute atomic E-state index is 4.75. The van der Waals surface area contributed by atoms with Crippen LogP contribution in [0.4, 0.5) is 5.82 Å². The molecule has 1 N–H and O–H groups in total. The van der Waals surface area contributed by atoms with Gasteiger partial charge in [-0.2, -0.15) is 0 Å². The van der Waals surface area contributed by atoms with Crippen molar-refractivity contribution in [2.75, 3.05) is 11.9 Å². The van der Waals surface area contributed by atoms with Crippen LogP contribution in [0.15, 0.2) is 46.9 Å². The molecule has 110 valence electrons. The highest BCUT2D eigenvalue weighted by Crippen LogP contribution is 2.21. The Balaban J connectivity index is 1.67. The molecule has 1 aliphatic rings. The van der Waals surface area contributed by atoms with E-state index in [2.05, 4.69) is 69.6 Å². The molecule has 3 nitrogen and oxygen atoms in total. The van der Waals surface area contributed by atoms with Gasteiger partial charge in [0.15, 0.2) is 0 Å². The summed E-state index contributed by atoms with van der Waals surface area (Å²) in [6.07, 6.45) is 2.61. The van der Waals surface area contributed by atoms with Crippen LogP contribution in [0.25, 0.3) is 0 Å². The standard InChI is InChI=1S/C17H20BrN3/c1-21(12-13-5-2-3-7-16(13)18)17-8-4-6-15(20-17)11-19-14-9-10-14/h2-8,14,19H,9-12H2,1H3. The van der Waals surface area contributed by atoms with Crippen LogP contribution >= 0.6 is 15.9 Å². The van der Waals surface area contributed by atoms with E-state index in [9.17, 15) is 0 Å². The lowest BCUT2D eigenvalue weighted by Gasteiger charge is -2.19. The highest BCUT2D eigenvalue weighted by molar-refractivity contribution is 9.10. The molecule has 1 aromatic heterocycles. The van der Waals surface area contributed by atoms with Crippen molar-refractivity contribution in [3.05, 3.63) is 58.2 Å². The number of nitrogens with zero attached hydrogens (tertiary/aromatic N) is 2. The summed E-state index contributed by atoms with van der Waals surface area (Å²) in [6.45, 7) is 1.70. The van der Waals surface area contributed by atoms with Gasteiger partial charge in [-0.3, -0.25) is 0 Å². The predicted molar refractivity (Wildman–Crippen MR) is 90.3 cm³/mol. The number of hydrogen-bond acceptors (Lipinski definition) is 3. The zero-order valence-corrected chi connectivity index (χ0v) is 13.8. The van der Waals surface area contributed by atoms with E-state index < -0.39 is 0 Å². The van der Waals surface area contributed by atoms with Gasteiger partial charge in [0.1, 0.15) is 5.82 Å². The van der Waals surface area contributed by atoms with Crippen LogP contribution in [0, 0.1) is 0 Å². The summed E-state index contributed by atoms with van der Waals surface area (Å²) < 4.78 is 1.14. The third-order valence-electron chi connectivity index (χ3n) is 3.70. The van der Waals surface area contributed by atoms with E-state index in [1.54, 1.807) is 0 Å². The Labute approximate surface area is 134 Å². The number of benzene rings is 1. The van der Waals surface area contributed by atoms with E-state index in [4.69, 9.17) is 4.98 Å². The van der Waals surface area contributed by atoms with Crippen molar-refractivity contribution in [2.45, 2.75) is 32.0 Å². The summed E-state index contributed by atoms with van der Waals surface area (Å²) in [5, 5.41) is 3.51. The molecule has 0 unspecified atom stereocenters. The van der Waals surface area contributed by atoms with Crippen molar-refractivity contribution in [3.8, 4) is 0 Å². The molecule has 3 rings (SSSR count). The van der Waals surface area contributed by atoms with E-state index in [0.29, 0.717) is 6.04 Å². The van der Waals surface area contributed by atoms with E-state index in [1.807, 2.05) is 6.07 Å². The number of halogens is 1. The number of pyridine rings is 1. The summed E-state index contributed by atoms with van der Waals surface area (Å²) >= 11 is 3.60. The summed E-state index contributed by atoms with van der Waals surface area (Å²) in [5.74, 6) is 1.01. The molecule has 0 saturated heterocycles. The molecule has 0 aliphatic heterocycles. The number of anilines is 1. The van der Waals surface area contributed by atoms with Crippen molar-refractivity contribution in [1.29, 1.82) is 0 Å². The third-order valence-corrected chi connectivity index (χ3v) is 4.47. The van der Waals surface area contributed by atoms with Gasteiger partial charge < -0.3 is 10.2 Å². The van der Waals surface area contributed by atoms with Gasteiger partial charge in [-0.25, -0.2) is 4.98 Å². The zero-order valence-electron chi connectivity index (χ0n) is 12.2. The largest absolute Gasteiger partial charge is 0.355 e. The second-order valence-corrected chi connectivity index (χ2v) is 6.44. The highest BCUT2D eigenvalue weighted by Gasteiger charge is 2.20. The van der Waals surface area contributed by atoms with Gasteiger partial charge in [-0.1, -0.05) is 40.2 Å². The lowest BCUT2D eigenvalue weighted by molar-refractivity contribution is 0.673. The molecule has 4 heteroatoms. The fourth-order valence-corrected chi connectivity index (χ4v) is 2.69. The Bertz CT molecular complexity index is 610. The molecule has 0 bridgehead atoms. The van der Waals surface area contributed by atoms with Crippen LogP contribution in [-0.2, 0) is 13.1 Å². The first-order valence-electron chi connectivity index (χ1n) is 7.36. The van der Waals surface area contributed by atoms with Crippen LogP contribution in [0.2, 0.25) is 0 Å². The van der Waals surface area contributed by atoms with Crippen molar-refractivity contribution >= 4 is 21.7 Å². The fraction of sp³-hybridized carbons (Fsp3) is 0.353. The SMILES string of the molecule is CN(Cc1ccccc1Br)c1cccc(CNC2CC2)n1. The van der Waals surface area contributed by atoms with Crippen LogP contribution < -0.4 is 10.2 Å². The smallest absolute Gasteiger partial charge is 0.128 e. The van der Waals surface area contributed by atoms with Crippen molar-refractivity contribution in [3.63, 3.8) is 0 Å². The van der Waals surface area contributed by atoms with Crippen LogP contribution in [-0.4, -0.2) is 18.1 Å². The van der Waals surface area contributed by atoms with E-state index >= 15 is 0 Å². The minimum atomic E-state index is 0.716. The quantitative estimate of drug-likeness (QED) is 0.864. The zero-order chi connectivity index (χ0) is 14.7. The van der Waals surface area contributed by atoms with Gasteiger partial charge in [0, 0.05) is 30.7 Å². The normalized spacial score (nSPS) is 14.2. The number of aromatic nitrogens is 1. The second-order valence-electron chi connectivity index (χ2n) is 5.59. The van der Waals surface area contributed by atoms with E-state index in [-0.39, 0.29) is 0 Å². The summed E-state index contributed by atoms with van der Waals surface area (Å²) in [5.41, 5.74) is 2.38. The summed E-state index contributed by atoms with van der Waals surface area (Å²) in [6, 6.07) is 15.3. The molecule has 1 fully saturated rings. The van der Waals surface area contributed by atoms with Crippen molar-refractivity contribution in [2.24, 2.45) is 0 Å². The monoisotopic (exact) mass is 345 g/mol. The first-order valence-corrected chi connectivity index (χ1v) is 8.15. The number of rotatable bonds is 6. The van der Waals surface area contributed by atoms with E-state index in [1.165, 1.54) is 18.4 Å². The molecule has 2 aromatic rings. The van der Waals surface area contributed by atoms with Gasteiger partial charge in [0.25, 0.3) is 0 Å². The first-order chi connectivity index (χ1) is 10.2. The maximum atomic E-state index is 4.75. The third kappa shape index (κ3) is 4.05. The molecule has 0 spiro atoms. The average molecular weight is 346 g/mol. The number of hydrogen-bond donors (Lipinski definition) is 1. The first kappa shape index (κ1) is 14.5. The molecule has 0 radical (unpaired) electrons. The fourth-order valence-electron chi connectivity index (χ4n) is 2.28. The molecule has 1 aromatic carbocycles. The van der Waals surface area contributed by atoms with Gasteiger partial charge >= 0.3 is 0 Å². The van der Waals surface area contributed by atoms with Crippen LogP contribution in [0.3, 0.4) is 0 Å². The Morgan fingerprint density at radius 2 is 2.00 bits per heavy atom. The molecular weight excluding hydrogens is 326 g/mol. The minimum Gasteiger partial charge on any atom is -0.355 e. The molecule has 1 saturated carbocycles. The number of nitrogens with one attached hydrogen (secondary N) is 1. The van der Waals surface area contributed by atoms with E-state index in [0.717, 1.165) is 29.1 Å². The van der Waals surface area contributed by atoms with Crippen LogP contribution in [0.5, 0.6) is 0 Å². The van der Waals surface area contributed by atoms with Gasteiger partial charge in [0.2, 0.25) is 0 Å².